The van der Waals surface area contributed by atoms with E-state index in [4.69, 9.17) is 0 Å². The molecule has 0 aliphatic heterocycles. The highest BCUT2D eigenvalue weighted by Gasteiger charge is 2.11. The number of fused-ring (bicyclic) bond motifs is 2. The summed E-state index contributed by atoms with van der Waals surface area (Å²) in [7, 11) is 0. The predicted molar refractivity (Wildman–Crippen MR) is 86.3 cm³/mol. The maximum Gasteiger partial charge on any atom is 0.0335 e. The van der Waals surface area contributed by atoms with Gasteiger partial charge in [-0.2, -0.15) is 0 Å². The summed E-state index contributed by atoms with van der Waals surface area (Å²) >= 11 is 7.54. The minimum Gasteiger partial charge on any atom is -0.0613 e. The Kier molecular flexibility index (Phi) is 2.95. The lowest BCUT2D eigenvalue weighted by molar-refractivity contribution is 1.49. The molecule has 2 heteroatoms. The van der Waals surface area contributed by atoms with Crippen LogP contribution in [0.2, 0.25) is 0 Å². The van der Waals surface area contributed by atoms with Crippen molar-refractivity contribution in [3.63, 3.8) is 0 Å². The van der Waals surface area contributed by atoms with Gasteiger partial charge in [0.1, 0.15) is 0 Å². The molecule has 0 saturated carbocycles. The number of rotatable bonds is 0. The summed E-state index contributed by atoms with van der Waals surface area (Å²) in [5, 5.41) is 5.08. The standard InChI is InChI=1S/C16H12Br2/c1-9-6-7-11-13(8-9)15(17)12-5-3-4-10(2)14(12)16(11)18/h3-8H,1-2H3. The first-order valence-corrected chi connectivity index (χ1v) is 7.45. The SMILES string of the molecule is Cc1ccc2c(Br)c3c(C)cccc3c(Br)c2c1. The Hall–Kier alpha value is -0.860. The third-order valence-corrected chi connectivity index (χ3v) is 5.05. The first-order valence-electron chi connectivity index (χ1n) is 5.86. The Labute approximate surface area is 123 Å². The zero-order chi connectivity index (χ0) is 12.9. The summed E-state index contributed by atoms with van der Waals surface area (Å²) in [4.78, 5) is 0. The summed E-state index contributed by atoms with van der Waals surface area (Å²) < 4.78 is 2.37. The van der Waals surface area contributed by atoms with Gasteiger partial charge in [0.25, 0.3) is 0 Å². The second-order valence-corrected chi connectivity index (χ2v) is 6.26. The van der Waals surface area contributed by atoms with Crippen LogP contribution in [0.15, 0.2) is 45.3 Å². The van der Waals surface area contributed by atoms with E-state index >= 15 is 0 Å². The number of hydrogen-bond acceptors (Lipinski definition) is 0. The molecule has 3 rings (SSSR count). The quantitative estimate of drug-likeness (QED) is 0.421. The Morgan fingerprint density at radius 3 is 2.33 bits per heavy atom. The molecule has 0 nitrogen and oxygen atoms in total. The Balaban J connectivity index is 2.65. The van der Waals surface area contributed by atoms with Crippen molar-refractivity contribution >= 4 is 53.4 Å². The lowest BCUT2D eigenvalue weighted by Gasteiger charge is -2.12. The third-order valence-electron chi connectivity index (χ3n) is 3.38. The largest absolute Gasteiger partial charge is 0.0613 e. The fourth-order valence-corrected chi connectivity index (χ4v) is 3.98. The summed E-state index contributed by atoms with van der Waals surface area (Å²) in [6.45, 7) is 4.28. The topological polar surface area (TPSA) is 0 Å². The fraction of sp³-hybridized carbons (Fsp3) is 0.125. The van der Waals surface area contributed by atoms with Crippen LogP contribution < -0.4 is 0 Å². The molecule has 90 valence electrons. The van der Waals surface area contributed by atoms with E-state index in [1.165, 1.54) is 41.6 Å². The van der Waals surface area contributed by atoms with Crippen LogP contribution in [0.4, 0.5) is 0 Å². The van der Waals surface area contributed by atoms with Gasteiger partial charge in [-0.1, -0.05) is 42.0 Å². The third kappa shape index (κ3) is 1.70. The maximum atomic E-state index is 3.77. The van der Waals surface area contributed by atoms with E-state index < -0.39 is 0 Å². The Bertz CT molecular complexity index is 769. The van der Waals surface area contributed by atoms with Crippen molar-refractivity contribution in [1.29, 1.82) is 0 Å². The van der Waals surface area contributed by atoms with Crippen LogP contribution in [-0.4, -0.2) is 0 Å². The summed E-state index contributed by atoms with van der Waals surface area (Å²) in [6.07, 6.45) is 0. The predicted octanol–water partition coefficient (Wildman–Crippen LogP) is 6.13. The highest BCUT2D eigenvalue weighted by molar-refractivity contribution is 9.11. The van der Waals surface area contributed by atoms with E-state index in [1.54, 1.807) is 0 Å². The highest BCUT2D eigenvalue weighted by atomic mass is 79.9. The molecule has 3 aromatic rings. The lowest BCUT2D eigenvalue weighted by atomic mass is 9.99. The molecule has 0 N–H and O–H groups in total. The second kappa shape index (κ2) is 4.36. The van der Waals surface area contributed by atoms with E-state index in [0.29, 0.717) is 0 Å². The van der Waals surface area contributed by atoms with Crippen LogP contribution in [0.5, 0.6) is 0 Å². The second-order valence-electron chi connectivity index (χ2n) is 4.67. The van der Waals surface area contributed by atoms with Crippen LogP contribution in [0.1, 0.15) is 11.1 Å². The molecule has 3 aromatic carbocycles. The molecule has 0 saturated heterocycles. The molecule has 0 spiro atoms. The van der Waals surface area contributed by atoms with Gasteiger partial charge in [0.2, 0.25) is 0 Å². The monoisotopic (exact) mass is 362 g/mol. The van der Waals surface area contributed by atoms with Gasteiger partial charge in [-0.25, -0.2) is 0 Å². The number of hydrogen-bond donors (Lipinski definition) is 0. The summed E-state index contributed by atoms with van der Waals surface area (Å²) in [5.74, 6) is 0. The van der Waals surface area contributed by atoms with Crippen LogP contribution in [0, 0.1) is 13.8 Å². The molecule has 18 heavy (non-hydrogen) atoms. The van der Waals surface area contributed by atoms with Gasteiger partial charge < -0.3 is 0 Å². The van der Waals surface area contributed by atoms with Crippen molar-refractivity contribution < 1.29 is 0 Å². The Morgan fingerprint density at radius 1 is 0.778 bits per heavy atom. The maximum absolute atomic E-state index is 3.77. The Morgan fingerprint density at radius 2 is 1.56 bits per heavy atom. The molecule has 0 aromatic heterocycles. The average molecular weight is 364 g/mol. The van der Waals surface area contributed by atoms with Gasteiger partial charge in [-0.05, 0) is 67.4 Å². The van der Waals surface area contributed by atoms with Gasteiger partial charge >= 0.3 is 0 Å². The van der Waals surface area contributed by atoms with Crippen molar-refractivity contribution in [2.75, 3.05) is 0 Å². The molecule has 0 aliphatic rings. The molecule has 0 aliphatic carbocycles. The molecular formula is C16H12Br2. The molecule has 0 amide bonds. The molecule has 0 unspecified atom stereocenters. The van der Waals surface area contributed by atoms with Crippen LogP contribution in [0.25, 0.3) is 21.5 Å². The molecule has 0 fully saturated rings. The first kappa shape index (κ1) is 12.2. The van der Waals surface area contributed by atoms with Crippen LogP contribution in [-0.2, 0) is 0 Å². The van der Waals surface area contributed by atoms with Gasteiger partial charge in [0.15, 0.2) is 0 Å². The zero-order valence-electron chi connectivity index (χ0n) is 10.2. The summed E-state index contributed by atoms with van der Waals surface area (Å²) in [5.41, 5.74) is 2.57. The lowest BCUT2D eigenvalue weighted by Crippen LogP contribution is -1.86. The van der Waals surface area contributed by atoms with E-state index in [9.17, 15) is 0 Å². The molecule has 0 radical (unpaired) electrons. The van der Waals surface area contributed by atoms with Crippen LogP contribution >= 0.6 is 31.9 Å². The van der Waals surface area contributed by atoms with E-state index in [2.05, 4.69) is 82.1 Å². The van der Waals surface area contributed by atoms with Gasteiger partial charge in [0.05, 0.1) is 0 Å². The van der Waals surface area contributed by atoms with Crippen molar-refractivity contribution in [2.24, 2.45) is 0 Å². The molecular weight excluding hydrogens is 352 g/mol. The van der Waals surface area contributed by atoms with E-state index in [0.717, 1.165) is 0 Å². The van der Waals surface area contributed by atoms with Crippen LogP contribution in [0.3, 0.4) is 0 Å². The first-order chi connectivity index (χ1) is 8.59. The highest BCUT2D eigenvalue weighted by Crippen LogP contribution is 2.40. The molecule has 0 heterocycles. The van der Waals surface area contributed by atoms with E-state index in [-0.39, 0.29) is 0 Å². The zero-order valence-corrected chi connectivity index (χ0v) is 13.4. The van der Waals surface area contributed by atoms with E-state index in [1.807, 2.05) is 0 Å². The fourth-order valence-electron chi connectivity index (χ4n) is 2.45. The smallest absolute Gasteiger partial charge is 0.0335 e. The summed E-state index contributed by atoms with van der Waals surface area (Å²) in [6, 6.07) is 13.0. The van der Waals surface area contributed by atoms with Gasteiger partial charge in [-0.15, -0.1) is 0 Å². The number of halogens is 2. The number of benzene rings is 3. The average Bonchev–Trinajstić information content (AvgIpc) is 2.35. The van der Waals surface area contributed by atoms with Crippen molar-refractivity contribution in [3.8, 4) is 0 Å². The van der Waals surface area contributed by atoms with Crippen molar-refractivity contribution in [3.05, 3.63) is 56.5 Å². The van der Waals surface area contributed by atoms with Crippen molar-refractivity contribution in [1.82, 2.24) is 0 Å². The van der Waals surface area contributed by atoms with Crippen molar-refractivity contribution in [2.45, 2.75) is 13.8 Å². The molecule has 0 bridgehead atoms. The minimum absolute atomic E-state index is 1.18. The minimum atomic E-state index is 1.18. The van der Waals surface area contributed by atoms with Gasteiger partial charge in [-0.3, -0.25) is 0 Å². The van der Waals surface area contributed by atoms with Gasteiger partial charge in [0, 0.05) is 14.3 Å². The normalized spacial score (nSPS) is 11.3. The number of aryl methyl sites for hydroxylation is 2. The molecule has 0 atom stereocenters.